The highest BCUT2D eigenvalue weighted by molar-refractivity contribution is 5.33. The molecule has 2 aliphatic rings. The monoisotopic (exact) mass is 372 g/mol. The van der Waals surface area contributed by atoms with Crippen molar-refractivity contribution in [3.05, 3.63) is 29.3 Å². The van der Waals surface area contributed by atoms with Gasteiger partial charge in [0.1, 0.15) is 12.3 Å². The standard InChI is InChI=1S/C21H28F4O/c1-3-5-16-18(22)14-8-6-12(7-9-15(14)19(16)23)13-10-11-17(26-4-2)21(25)20(13)24/h10-12,14-16,18-19H,3-9H2,1-2H3. The van der Waals surface area contributed by atoms with Crippen LogP contribution in [0.15, 0.2) is 12.1 Å². The summed E-state index contributed by atoms with van der Waals surface area (Å²) in [6, 6.07) is 3.02. The molecular formula is C21H28F4O. The van der Waals surface area contributed by atoms with E-state index in [4.69, 9.17) is 4.74 Å². The summed E-state index contributed by atoms with van der Waals surface area (Å²) in [6.07, 6.45) is 1.33. The number of fused-ring (bicyclic) bond motifs is 1. The van der Waals surface area contributed by atoms with E-state index < -0.39 is 29.9 Å². The largest absolute Gasteiger partial charge is 0.491 e. The third kappa shape index (κ3) is 3.46. The summed E-state index contributed by atoms with van der Waals surface area (Å²) < 4.78 is 63.3. The first-order valence-corrected chi connectivity index (χ1v) is 9.88. The maximum absolute atomic E-state index is 14.8. The predicted octanol–water partition coefficient (Wildman–Crippen LogP) is 6.36. The maximum Gasteiger partial charge on any atom is 0.200 e. The molecule has 3 rings (SSSR count). The van der Waals surface area contributed by atoms with Gasteiger partial charge in [0, 0.05) is 5.92 Å². The lowest BCUT2D eigenvalue weighted by Gasteiger charge is -2.20. The number of ether oxygens (including phenoxy) is 1. The number of benzene rings is 1. The van der Waals surface area contributed by atoms with Gasteiger partial charge in [0.2, 0.25) is 5.82 Å². The van der Waals surface area contributed by atoms with Crippen LogP contribution in [0.1, 0.15) is 63.9 Å². The van der Waals surface area contributed by atoms with Crippen molar-refractivity contribution in [3.8, 4) is 5.75 Å². The van der Waals surface area contributed by atoms with Gasteiger partial charge in [-0.1, -0.05) is 19.4 Å². The van der Waals surface area contributed by atoms with Crippen LogP contribution in [-0.2, 0) is 0 Å². The number of rotatable bonds is 5. The highest BCUT2D eigenvalue weighted by Gasteiger charge is 2.51. The first-order chi connectivity index (χ1) is 12.5. The molecule has 2 fully saturated rings. The zero-order valence-electron chi connectivity index (χ0n) is 15.5. The second-order valence-electron chi connectivity index (χ2n) is 7.73. The van der Waals surface area contributed by atoms with Gasteiger partial charge >= 0.3 is 0 Å². The molecule has 0 saturated heterocycles. The number of halogens is 4. The third-order valence-corrected chi connectivity index (χ3v) is 6.32. The fraction of sp³-hybridized carbons (Fsp3) is 0.714. The molecule has 1 aromatic carbocycles. The van der Waals surface area contributed by atoms with E-state index in [9.17, 15) is 17.6 Å². The normalized spacial score (nSPS) is 34.4. The van der Waals surface area contributed by atoms with Crippen molar-refractivity contribution in [1.82, 2.24) is 0 Å². The summed E-state index contributed by atoms with van der Waals surface area (Å²) in [5.74, 6) is -3.21. The van der Waals surface area contributed by atoms with Crippen LogP contribution >= 0.6 is 0 Å². The first-order valence-electron chi connectivity index (χ1n) is 9.88. The molecule has 2 saturated carbocycles. The van der Waals surface area contributed by atoms with E-state index in [1.807, 2.05) is 6.92 Å². The SMILES string of the molecule is CCCC1C(F)C2CCC(c3ccc(OCC)c(F)c3F)CCC2C1F. The lowest BCUT2D eigenvalue weighted by atomic mass is 9.88. The smallest absolute Gasteiger partial charge is 0.200 e. The van der Waals surface area contributed by atoms with Crippen LogP contribution in [0.3, 0.4) is 0 Å². The summed E-state index contributed by atoms with van der Waals surface area (Å²) in [4.78, 5) is 0. The van der Waals surface area contributed by atoms with Gasteiger partial charge in [-0.25, -0.2) is 13.2 Å². The molecule has 1 nitrogen and oxygen atoms in total. The van der Waals surface area contributed by atoms with Gasteiger partial charge in [-0.15, -0.1) is 0 Å². The molecule has 26 heavy (non-hydrogen) atoms. The van der Waals surface area contributed by atoms with Crippen molar-refractivity contribution in [2.24, 2.45) is 17.8 Å². The minimum Gasteiger partial charge on any atom is -0.491 e. The number of hydrogen-bond acceptors (Lipinski definition) is 1. The molecular weight excluding hydrogens is 344 g/mol. The molecule has 2 aliphatic carbocycles. The Morgan fingerprint density at radius 2 is 1.54 bits per heavy atom. The van der Waals surface area contributed by atoms with Crippen molar-refractivity contribution in [1.29, 1.82) is 0 Å². The topological polar surface area (TPSA) is 9.23 Å². The summed E-state index contributed by atoms with van der Waals surface area (Å²) in [5.41, 5.74) is 0.307. The average molecular weight is 372 g/mol. The van der Waals surface area contributed by atoms with Crippen molar-refractivity contribution in [2.45, 2.75) is 70.6 Å². The van der Waals surface area contributed by atoms with E-state index in [0.29, 0.717) is 37.7 Å². The van der Waals surface area contributed by atoms with Crippen LogP contribution in [0.5, 0.6) is 5.75 Å². The zero-order chi connectivity index (χ0) is 18.8. The van der Waals surface area contributed by atoms with E-state index in [-0.39, 0.29) is 30.1 Å². The summed E-state index contributed by atoms with van der Waals surface area (Å²) in [6.45, 7) is 3.92. The van der Waals surface area contributed by atoms with Gasteiger partial charge in [-0.2, -0.15) is 4.39 Å². The molecule has 5 heteroatoms. The summed E-state index contributed by atoms with van der Waals surface area (Å²) in [5, 5.41) is 0. The maximum atomic E-state index is 14.8. The Balaban J connectivity index is 1.76. The Bertz CT molecular complexity index is 600. The van der Waals surface area contributed by atoms with Gasteiger partial charge in [-0.05, 0) is 68.4 Å². The average Bonchev–Trinajstić information content (AvgIpc) is 2.79. The lowest BCUT2D eigenvalue weighted by molar-refractivity contribution is 0.155. The Kier molecular flexibility index (Phi) is 6.13. The molecule has 0 spiro atoms. The minimum atomic E-state index is -1.12. The molecule has 0 amide bonds. The van der Waals surface area contributed by atoms with Crippen molar-refractivity contribution in [3.63, 3.8) is 0 Å². The molecule has 0 aliphatic heterocycles. The van der Waals surface area contributed by atoms with Crippen LogP contribution in [0, 0.1) is 29.4 Å². The fourth-order valence-corrected chi connectivity index (χ4v) is 5.05. The highest BCUT2D eigenvalue weighted by Crippen LogP contribution is 2.51. The lowest BCUT2D eigenvalue weighted by Crippen LogP contribution is -2.20. The van der Waals surface area contributed by atoms with Gasteiger partial charge in [0.15, 0.2) is 11.6 Å². The van der Waals surface area contributed by atoms with Crippen LogP contribution in [0.25, 0.3) is 0 Å². The minimum absolute atomic E-state index is 0.0886. The summed E-state index contributed by atoms with van der Waals surface area (Å²) >= 11 is 0. The Labute approximate surface area is 153 Å². The molecule has 0 bridgehead atoms. The van der Waals surface area contributed by atoms with E-state index in [1.54, 1.807) is 13.0 Å². The molecule has 1 aromatic rings. The zero-order valence-corrected chi connectivity index (χ0v) is 15.5. The Morgan fingerprint density at radius 3 is 2.08 bits per heavy atom. The summed E-state index contributed by atoms with van der Waals surface area (Å²) in [7, 11) is 0. The van der Waals surface area contributed by atoms with E-state index in [0.717, 1.165) is 6.42 Å². The first kappa shape index (κ1) is 19.5. The van der Waals surface area contributed by atoms with Crippen LogP contribution in [0.2, 0.25) is 0 Å². The van der Waals surface area contributed by atoms with Gasteiger partial charge < -0.3 is 4.74 Å². The molecule has 146 valence electrons. The van der Waals surface area contributed by atoms with Gasteiger partial charge in [0.05, 0.1) is 6.61 Å². The van der Waals surface area contributed by atoms with E-state index in [2.05, 4.69) is 0 Å². The number of hydrogen-bond donors (Lipinski definition) is 0. The van der Waals surface area contributed by atoms with Crippen LogP contribution in [0.4, 0.5) is 17.6 Å². The second-order valence-corrected chi connectivity index (χ2v) is 7.73. The quantitative estimate of drug-likeness (QED) is 0.547. The van der Waals surface area contributed by atoms with Gasteiger partial charge in [0.25, 0.3) is 0 Å². The Hall–Kier alpha value is -1.26. The third-order valence-electron chi connectivity index (χ3n) is 6.32. The highest BCUT2D eigenvalue weighted by atomic mass is 19.2. The second kappa shape index (κ2) is 8.18. The van der Waals surface area contributed by atoms with E-state index in [1.165, 1.54) is 6.07 Å². The van der Waals surface area contributed by atoms with Crippen molar-refractivity contribution >= 4 is 0 Å². The molecule has 4 atom stereocenters. The van der Waals surface area contributed by atoms with Gasteiger partial charge in [-0.3, -0.25) is 0 Å². The molecule has 0 heterocycles. The number of alkyl halides is 2. The predicted molar refractivity (Wildman–Crippen MR) is 93.9 cm³/mol. The van der Waals surface area contributed by atoms with E-state index >= 15 is 0 Å². The van der Waals surface area contributed by atoms with Crippen LogP contribution in [-0.4, -0.2) is 19.0 Å². The Morgan fingerprint density at radius 1 is 0.923 bits per heavy atom. The molecule has 4 unspecified atom stereocenters. The fourth-order valence-electron chi connectivity index (χ4n) is 5.05. The molecule has 0 radical (unpaired) electrons. The van der Waals surface area contributed by atoms with Crippen molar-refractivity contribution < 1.29 is 22.3 Å². The van der Waals surface area contributed by atoms with Crippen molar-refractivity contribution in [2.75, 3.05) is 6.61 Å². The molecule has 0 aromatic heterocycles. The molecule has 0 N–H and O–H groups in total. The van der Waals surface area contributed by atoms with Crippen LogP contribution < -0.4 is 4.74 Å².